The van der Waals surface area contributed by atoms with Crippen LogP contribution in [0.4, 0.5) is 8.78 Å². The molecule has 1 N–H and O–H groups in total. The lowest BCUT2D eigenvalue weighted by Gasteiger charge is -2.04. The van der Waals surface area contributed by atoms with E-state index < -0.39 is 11.6 Å². The van der Waals surface area contributed by atoms with E-state index in [1.165, 1.54) is 10.7 Å². The fourth-order valence-electron chi connectivity index (χ4n) is 1.31. The van der Waals surface area contributed by atoms with E-state index in [4.69, 9.17) is 0 Å². The van der Waals surface area contributed by atoms with Crippen molar-refractivity contribution in [3.05, 3.63) is 35.7 Å². The lowest BCUT2D eigenvalue weighted by Crippen LogP contribution is -2.13. The molecular formula is C9H9F2N5. The smallest absolute Gasteiger partial charge is 0.170 e. The van der Waals surface area contributed by atoms with Gasteiger partial charge in [-0.2, -0.15) is 4.68 Å². The van der Waals surface area contributed by atoms with Gasteiger partial charge < -0.3 is 5.32 Å². The number of rotatable bonds is 3. The SMILES string of the molecule is CNCc1nnnn1-c1ccc(F)cc1F. The number of nitrogens with one attached hydrogen (secondary N) is 1. The molecule has 0 unspecified atom stereocenters. The molecule has 84 valence electrons. The molecule has 0 aliphatic rings. The van der Waals surface area contributed by atoms with Gasteiger partial charge in [0.15, 0.2) is 11.6 Å². The van der Waals surface area contributed by atoms with E-state index in [2.05, 4.69) is 20.8 Å². The molecule has 2 rings (SSSR count). The van der Waals surface area contributed by atoms with Gasteiger partial charge in [-0.1, -0.05) is 0 Å². The molecule has 0 atom stereocenters. The van der Waals surface area contributed by atoms with Crippen molar-refractivity contribution in [2.75, 3.05) is 7.05 Å². The first-order valence-electron chi connectivity index (χ1n) is 4.59. The van der Waals surface area contributed by atoms with Crippen molar-refractivity contribution in [3.8, 4) is 5.69 Å². The van der Waals surface area contributed by atoms with Gasteiger partial charge in [0, 0.05) is 6.07 Å². The molecule has 0 bridgehead atoms. The summed E-state index contributed by atoms with van der Waals surface area (Å²) >= 11 is 0. The molecule has 1 heterocycles. The van der Waals surface area contributed by atoms with Crippen LogP contribution < -0.4 is 5.32 Å². The summed E-state index contributed by atoms with van der Waals surface area (Å²) in [6.45, 7) is 0.393. The van der Waals surface area contributed by atoms with E-state index in [0.29, 0.717) is 12.4 Å². The van der Waals surface area contributed by atoms with Crippen molar-refractivity contribution in [2.45, 2.75) is 6.54 Å². The molecule has 0 radical (unpaired) electrons. The minimum atomic E-state index is -0.704. The molecule has 2 aromatic rings. The molecule has 0 saturated heterocycles. The van der Waals surface area contributed by atoms with E-state index in [-0.39, 0.29) is 5.69 Å². The van der Waals surface area contributed by atoms with Crippen molar-refractivity contribution < 1.29 is 8.78 Å². The summed E-state index contributed by atoms with van der Waals surface area (Å²) in [5.74, 6) is -0.887. The first-order chi connectivity index (χ1) is 7.72. The van der Waals surface area contributed by atoms with Gasteiger partial charge in [-0.3, -0.25) is 0 Å². The number of aromatic nitrogens is 4. The highest BCUT2D eigenvalue weighted by molar-refractivity contribution is 5.33. The fraction of sp³-hybridized carbons (Fsp3) is 0.222. The predicted molar refractivity (Wildman–Crippen MR) is 51.8 cm³/mol. The topological polar surface area (TPSA) is 55.6 Å². The summed E-state index contributed by atoms with van der Waals surface area (Å²) in [6, 6.07) is 3.24. The van der Waals surface area contributed by atoms with Crippen LogP contribution in [-0.2, 0) is 6.54 Å². The van der Waals surface area contributed by atoms with Gasteiger partial charge in [0.1, 0.15) is 11.5 Å². The number of tetrazole rings is 1. The maximum Gasteiger partial charge on any atom is 0.170 e. The molecule has 7 heteroatoms. The summed E-state index contributed by atoms with van der Waals surface area (Å²) in [6.07, 6.45) is 0. The summed E-state index contributed by atoms with van der Waals surface area (Å²) in [7, 11) is 1.72. The Hall–Kier alpha value is -1.89. The summed E-state index contributed by atoms with van der Waals surface area (Å²) in [5, 5.41) is 13.7. The van der Waals surface area contributed by atoms with Crippen molar-refractivity contribution >= 4 is 0 Å². The number of nitrogens with zero attached hydrogens (tertiary/aromatic N) is 4. The second-order valence-corrected chi connectivity index (χ2v) is 3.13. The second kappa shape index (κ2) is 4.31. The quantitative estimate of drug-likeness (QED) is 0.833. The number of hydrogen-bond donors (Lipinski definition) is 1. The first-order valence-corrected chi connectivity index (χ1v) is 4.59. The highest BCUT2D eigenvalue weighted by Crippen LogP contribution is 2.14. The summed E-state index contributed by atoms with van der Waals surface area (Å²) in [5.41, 5.74) is 0.122. The largest absolute Gasteiger partial charge is 0.313 e. The molecule has 0 saturated carbocycles. The Balaban J connectivity index is 2.46. The highest BCUT2D eigenvalue weighted by Gasteiger charge is 2.12. The highest BCUT2D eigenvalue weighted by atomic mass is 19.1. The molecule has 16 heavy (non-hydrogen) atoms. The van der Waals surface area contributed by atoms with Crippen LogP contribution in [0.3, 0.4) is 0 Å². The third kappa shape index (κ3) is 1.89. The van der Waals surface area contributed by atoms with E-state index >= 15 is 0 Å². The Morgan fingerprint density at radius 3 is 2.88 bits per heavy atom. The van der Waals surface area contributed by atoms with Gasteiger partial charge in [-0.25, -0.2) is 8.78 Å². The monoisotopic (exact) mass is 225 g/mol. The zero-order chi connectivity index (χ0) is 11.5. The molecule has 0 spiro atoms. The number of hydrogen-bond acceptors (Lipinski definition) is 4. The van der Waals surface area contributed by atoms with Crippen LogP contribution in [0.15, 0.2) is 18.2 Å². The van der Waals surface area contributed by atoms with E-state index in [0.717, 1.165) is 12.1 Å². The zero-order valence-corrected chi connectivity index (χ0v) is 8.48. The molecule has 0 fully saturated rings. The van der Waals surface area contributed by atoms with Crippen LogP contribution in [0.5, 0.6) is 0 Å². The molecule has 0 aliphatic carbocycles. The lowest BCUT2D eigenvalue weighted by atomic mass is 10.3. The van der Waals surface area contributed by atoms with Crippen LogP contribution in [0.1, 0.15) is 5.82 Å². The van der Waals surface area contributed by atoms with Crippen LogP contribution in [0.2, 0.25) is 0 Å². The molecule has 1 aromatic heterocycles. The second-order valence-electron chi connectivity index (χ2n) is 3.13. The fourth-order valence-corrected chi connectivity index (χ4v) is 1.31. The molecule has 5 nitrogen and oxygen atoms in total. The van der Waals surface area contributed by atoms with Crippen LogP contribution in [0.25, 0.3) is 5.69 Å². The van der Waals surface area contributed by atoms with Gasteiger partial charge in [0.2, 0.25) is 0 Å². The van der Waals surface area contributed by atoms with Gasteiger partial charge >= 0.3 is 0 Å². The van der Waals surface area contributed by atoms with Crippen molar-refractivity contribution in [2.24, 2.45) is 0 Å². The Morgan fingerprint density at radius 2 is 2.19 bits per heavy atom. The van der Waals surface area contributed by atoms with E-state index in [1.807, 2.05) is 0 Å². The maximum atomic E-state index is 13.5. The Bertz CT molecular complexity index is 496. The maximum absolute atomic E-state index is 13.5. The van der Waals surface area contributed by atoms with Crippen LogP contribution in [-0.4, -0.2) is 27.3 Å². The Morgan fingerprint density at radius 1 is 1.38 bits per heavy atom. The Kier molecular flexibility index (Phi) is 2.86. The van der Waals surface area contributed by atoms with Gasteiger partial charge in [-0.05, 0) is 29.6 Å². The van der Waals surface area contributed by atoms with Crippen molar-refractivity contribution in [3.63, 3.8) is 0 Å². The molecular weight excluding hydrogens is 216 g/mol. The number of halogens is 2. The van der Waals surface area contributed by atoms with Crippen LogP contribution in [0, 0.1) is 11.6 Å². The van der Waals surface area contributed by atoms with Gasteiger partial charge in [0.05, 0.1) is 6.54 Å². The minimum Gasteiger partial charge on any atom is -0.313 e. The lowest BCUT2D eigenvalue weighted by molar-refractivity contribution is 0.567. The molecule has 0 aliphatic heterocycles. The average Bonchev–Trinajstić information content (AvgIpc) is 2.67. The van der Waals surface area contributed by atoms with Crippen molar-refractivity contribution in [1.82, 2.24) is 25.5 Å². The van der Waals surface area contributed by atoms with Gasteiger partial charge in [-0.15, -0.1) is 5.10 Å². The average molecular weight is 225 g/mol. The first kappa shape index (κ1) is 10.6. The third-order valence-electron chi connectivity index (χ3n) is 2.01. The summed E-state index contributed by atoms with van der Waals surface area (Å²) in [4.78, 5) is 0. The number of benzene rings is 1. The van der Waals surface area contributed by atoms with Crippen molar-refractivity contribution in [1.29, 1.82) is 0 Å². The standard InChI is InChI=1S/C9H9F2N5/c1-12-5-9-13-14-15-16(9)8-3-2-6(10)4-7(8)11/h2-4,12H,5H2,1H3. The third-order valence-corrected chi connectivity index (χ3v) is 2.01. The predicted octanol–water partition coefficient (Wildman–Crippen LogP) is 0.660. The minimum absolute atomic E-state index is 0.122. The molecule has 0 amide bonds. The summed E-state index contributed by atoms with van der Waals surface area (Å²) < 4.78 is 27.4. The van der Waals surface area contributed by atoms with E-state index in [1.54, 1.807) is 7.05 Å². The Labute approximate surface area is 90.1 Å². The molecule has 1 aromatic carbocycles. The van der Waals surface area contributed by atoms with E-state index in [9.17, 15) is 8.78 Å². The van der Waals surface area contributed by atoms with Crippen LogP contribution >= 0.6 is 0 Å². The normalized spacial score (nSPS) is 10.7. The van der Waals surface area contributed by atoms with Gasteiger partial charge in [0.25, 0.3) is 0 Å². The zero-order valence-electron chi connectivity index (χ0n) is 8.48.